The second kappa shape index (κ2) is 9.35. The number of carbonyl (C=O) groups is 1. The molecule has 0 fully saturated rings. The Kier molecular flexibility index (Phi) is 6.63. The van der Waals surface area contributed by atoms with E-state index >= 15 is 0 Å². The van der Waals surface area contributed by atoms with Crippen LogP contribution in [0.2, 0.25) is 0 Å². The van der Waals surface area contributed by atoms with Crippen molar-refractivity contribution < 1.29 is 14.3 Å². The summed E-state index contributed by atoms with van der Waals surface area (Å²) >= 11 is 1.26. The van der Waals surface area contributed by atoms with Gasteiger partial charge in [-0.05, 0) is 36.6 Å². The Bertz CT molecular complexity index is 1040. The quantitative estimate of drug-likeness (QED) is 0.493. The third-order valence-electron chi connectivity index (χ3n) is 4.11. The first-order valence-corrected chi connectivity index (χ1v) is 10.2. The number of benzene rings is 2. The third-order valence-corrected chi connectivity index (χ3v) is 5.30. The summed E-state index contributed by atoms with van der Waals surface area (Å²) in [5, 5.41) is 10.1. The fourth-order valence-electron chi connectivity index (χ4n) is 2.63. The molecule has 0 aliphatic rings. The number of aryl methyl sites for hydroxylation is 1. The Morgan fingerprint density at radius 1 is 1.21 bits per heavy atom. The third kappa shape index (κ3) is 5.21. The molecular weight excluding hydrogens is 384 g/mol. The molecule has 0 bridgehead atoms. The van der Waals surface area contributed by atoms with Crippen molar-refractivity contribution in [2.45, 2.75) is 27.4 Å². The van der Waals surface area contributed by atoms with Crippen molar-refractivity contribution in [1.29, 1.82) is 5.26 Å². The van der Waals surface area contributed by atoms with Crippen LogP contribution in [0, 0.1) is 24.2 Å². The summed E-state index contributed by atoms with van der Waals surface area (Å²) in [4.78, 5) is 17.5. The van der Waals surface area contributed by atoms with Crippen LogP contribution in [0.3, 0.4) is 0 Å². The molecule has 6 heteroatoms. The molecule has 5 nitrogen and oxygen atoms in total. The van der Waals surface area contributed by atoms with Crippen molar-refractivity contribution in [3.05, 3.63) is 70.2 Å². The van der Waals surface area contributed by atoms with E-state index in [2.05, 4.69) is 24.9 Å². The van der Waals surface area contributed by atoms with Gasteiger partial charge in [0.1, 0.15) is 28.3 Å². The predicted molar refractivity (Wildman–Crippen MR) is 113 cm³/mol. The van der Waals surface area contributed by atoms with Gasteiger partial charge in [0, 0.05) is 5.56 Å². The van der Waals surface area contributed by atoms with E-state index in [1.54, 1.807) is 19.1 Å². The summed E-state index contributed by atoms with van der Waals surface area (Å²) in [6.07, 6.45) is 0. The van der Waals surface area contributed by atoms with Gasteiger partial charge in [-0.2, -0.15) is 5.26 Å². The smallest absolute Gasteiger partial charge is 0.350 e. The molecular formula is C23H22N2O3S. The minimum absolute atomic E-state index is 0.215. The van der Waals surface area contributed by atoms with Gasteiger partial charge in [0.25, 0.3) is 0 Å². The minimum atomic E-state index is -0.396. The highest BCUT2D eigenvalue weighted by molar-refractivity contribution is 7.17. The Balaban J connectivity index is 1.77. The van der Waals surface area contributed by atoms with Crippen LogP contribution >= 0.6 is 11.3 Å². The number of hydrogen-bond donors (Lipinski definition) is 0. The second-order valence-electron chi connectivity index (χ2n) is 7.02. The lowest BCUT2D eigenvalue weighted by atomic mass is 10.1. The fraction of sp³-hybridized carbons (Fsp3) is 0.261. The number of hydrogen-bond acceptors (Lipinski definition) is 6. The van der Waals surface area contributed by atoms with Crippen molar-refractivity contribution in [2.24, 2.45) is 5.92 Å². The molecule has 0 spiro atoms. The summed E-state index contributed by atoms with van der Waals surface area (Å²) in [5.41, 5.74) is 2.76. The topological polar surface area (TPSA) is 72.2 Å². The van der Waals surface area contributed by atoms with Gasteiger partial charge in [0.05, 0.1) is 17.9 Å². The summed E-state index contributed by atoms with van der Waals surface area (Å²) in [6, 6.07) is 17.1. The van der Waals surface area contributed by atoms with E-state index in [9.17, 15) is 10.1 Å². The molecule has 0 aliphatic carbocycles. The lowest BCUT2D eigenvalue weighted by Crippen LogP contribution is -2.05. The molecule has 148 valence electrons. The van der Waals surface area contributed by atoms with Gasteiger partial charge in [-0.15, -0.1) is 11.3 Å². The van der Waals surface area contributed by atoms with E-state index in [0.29, 0.717) is 39.4 Å². The standard InChI is InChI=1S/C23H22N2O3S/c1-15(2)13-27-20-10-9-18(11-19(20)12-24)22-25-16(3)21(29-22)23(26)28-14-17-7-5-4-6-8-17/h4-11,15H,13-14H2,1-3H3. The van der Waals surface area contributed by atoms with Crippen LogP contribution in [0.5, 0.6) is 5.75 Å². The van der Waals surface area contributed by atoms with Crippen molar-refractivity contribution in [1.82, 2.24) is 4.98 Å². The average molecular weight is 407 g/mol. The summed E-state index contributed by atoms with van der Waals surface area (Å²) < 4.78 is 11.1. The number of esters is 1. The first-order valence-electron chi connectivity index (χ1n) is 9.33. The van der Waals surface area contributed by atoms with Crippen LogP contribution in [0.4, 0.5) is 0 Å². The molecule has 0 amide bonds. The average Bonchev–Trinajstić information content (AvgIpc) is 3.12. The summed E-state index contributed by atoms with van der Waals surface area (Å²) in [5.74, 6) is 0.528. The number of thiazole rings is 1. The molecule has 0 saturated carbocycles. The van der Waals surface area contributed by atoms with Crippen LogP contribution in [0.15, 0.2) is 48.5 Å². The van der Waals surface area contributed by atoms with Gasteiger partial charge in [-0.25, -0.2) is 9.78 Å². The normalized spacial score (nSPS) is 10.6. The summed E-state index contributed by atoms with van der Waals surface area (Å²) in [6.45, 7) is 6.65. The highest BCUT2D eigenvalue weighted by Crippen LogP contribution is 2.32. The van der Waals surface area contributed by atoms with Crippen LogP contribution < -0.4 is 4.74 Å². The lowest BCUT2D eigenvalue weighted by Gasteiger charge is -2.10. The Morgan fingerprint density at radius 3 is 2.66 bits per heavy atom. The van der Waals surface area contributed by atoms with E-state index < -0.39 is 5.97 Å². The number of nitriles is 1. The molecule has 0 aliphatic heterocycles. The van der Waals surface area contributed by atoms with Crippen LogP contribution in [-0.4, -0.2) is 17.6 Å². The van der Waals surface area contributed by atoms with E-state index in [4.69, 9.17) is 9.47 Å². The first-order chi connectivity index (χ1) is 14.0. The van der Waals surface area contributed by atoms with Crippen molar-refractivity contribution in [3.63, 3.8) is 0 Å². The molecule has 0 unspecified atom stereocenters. The summed E-state index contributed by atoms with van der Waals surface area (Å²) in [7, 11) is 0. The largest absolute Gasteiger partial charge is 0.492 e. The molecule has 0 N–H and O–H groups in total. The monoisotopic (exact) mass is 406 g/mol. The SMILES string of the molecule is Cc1nc(-c2ccc(OCC(C)C)c(C#N)c2)sc1C(=O)OCc1ccccc1. The molecule has 0 saturated heterocycles. The Labute approximate surface area is 174 Å². The van der Waals surface area contributed by atoms with Crippen molar-refractivity contribution in [2.75, 3.05) is 6.61 Å². The molecule has 3 rings (SSSR count). The number of ether oxygens (including phenoxy) is 2. The number of nitrogens with zero attached hydrogens (tertiary/aromatic N) is 2. The van der Waals surface area contributed by atoms with Crippen LogP contribution in [0.1, 0.15) is 40.3 Å². The first kappa shape index (κ1) is 20.6. The Morgan fingerprint density at radius 2 is 1.97 bits per heavy atom. The van der Waals surface area contributed by atoms with Gasteiger partial charge >= 0.3 is 5.97 Å². The van der Waals surface area contributed by atoms with Gasteiger partial charge < -0.3 is 9.47 Å². The zero-order valence-electron chi connectivity index (χ0n) is 16.6. The molecule has 29 heavy (non-hydrogen) atoms. The highest BCUT2D eigenvalue weighted by atomic mass is 32.1. The maximum absolute atomic E-state index is 12.5. The number of aromatic nitrogens is 1. The van der Waals surface area contributed by atoms with Crippen molar-refractivity contribution >= 4 is 17.3 Å². The van der Waals surface area contributed by atoms with Gasteiger partial charge in [0.15, 0.2) is 0 Å². The van der Waals surface area contributed by atoms with E-state index in [-0.39, 0.29) is 6.61 Å². The van der Waals surface area contributed by atoms with Gasteiger partial charge in [-0.3, -0.25) is 0 Å². The zero-order chi connectivity index (χ0) is 20.8. The molecule has 0 radical (unpaired) electrons. The second-order valence-corrected chi connectivity index (χ2v) is 8.02. The van der Waals surface area contributed by atoms with Crippen LogP contribution in [-0.2, 0) is 11.3 Å². The minimum Gasteiger partial charge on any atom is -0.492 e. The maximum atomic E-state index is 12.5. The van der Waals surface area contributed by atoms with E-state index in [0.717, 1.165) is 11.1 Å². The van der Waals surface area contributed by atoms with Crippen molar-refractivity contribution in [3.8, 4) is 22.4 Å². The van der Waals surface area contributed by atoms with Gasteiger partial charge in [-0.1, -0.05) is 44.2 Å². The highest BCUT2D eigenvalue weighted by Gasteiger charge is 2.18. The molecule has 2 aromatic carbocycles. The molecule has 3 aromatic rings. The molecule has 1 aromatic heterocycles. The van der Waals surface area contributed by atoms with Gasteiger partial charge in [0.2, 0.25) is 0 Å². The zero-order valence-corrected chi connectivity index (χ0v) is 17.5. The van der Waals surface area contributed by atoms with E-state index in [1.807, 2.05) is 36.4 Å². The lowest BCUT2D eigenvalue weighted by molar-refractivity contribution is 0.0477. The Hall–Kier alpha value is -3.17. The number of carbonyl (C=O) groups excluding carboxylic acids is 1. The predicted octanol–water partition coefficient (Wildman–Crippen LogP) is 5.38. The molecule has 1 heterocycles. The van der Waals surface area contributed by atoms with Crippen LogP contribution in [0.25, 0.3) is 10.6 Å². The van der Waals surface area contributed by atoms with E-state index in [1.165, 1.54) is 11.3 Å². The fourth-order valence-corrected chi connectivity index (χ4v) is 3.59. The number of rotatable bonds is 7. The molecule has 0 atom stereocenters. The maximum Gasteiger partial charge on any atom is 0.350 e.